The van der Waals surface area contributed by atoms with Gasteiger partial charge in [-0.1, -0.05) is 6.07 Å². The molecule has 1 N–H and O–H groups in total. The lowest BCUT2D eigenvalue weighted by molar-refractivity contribution is 0.0915. The Bertz CT molecular complexity index is 1130. The second-order valence-corrected chi connectivity index (χ2v) is 8.46. The minimum absolute atomic E-state index is 0.187. The SMILES string of the molecule is COCc1nc(OC)c2c(C)c(C(=O)NC(C)(C)c3ccc4c(c3)OCO4)sc2n1. The van der Waals surface area contributed by atoms with Crippen LogP contribution in [0.4, 0.5) is 0 Å². The Kier molecular flexibility index (Phi) is 5.25. The third-order valence-electron chi connectivity index (χ3n) is 5.00. The molecule has 3 heterocycles. The van der Waals surface area contributed by atoms with Crippen LogP contribution in [-0.4, -0.2) is 36.9 Å². The fraction of sp³-hybridized carbons (Fsp3) is 0.381. The zero-order valence-corrected chi connectivity index (χ0v) is 18.3. The highest BCUT2D eigenvalue weighted by Gasteiger charge is 2.29. The normalized spacial score (nSPS) is 13.0. The maximum Gasteiger partial charge on any atom is 0.262 e. The minimum Gasteiger partial charge on any atom is -0.480 e. The van der Waals surface area contributed by atoms with Crippen molar-refractivity contribution in [3.63, 3.8) is 0 Å². The highest BCUT2D eigenvalue weighted by atomic mass is 32.1. The molecule has 0 saturated heterocycles. The monoisotopic (exact) mass is 429 g/mol. The quantitative estimate of drug-likeness (QED) is 0.641. The summed E-state index contributed by atoms with van der Waals surface area (Å²) in [5.74, 6) is 2.15. The van der Waals surface area contributed by atoms with Gasteiger partial charge in [0.25, 0.3) is 5.91 Å². The van der Waals surface area contributed by atoms with Gasteiger partial charge >= 0.3 is 0 Å². The molecule has 0 unspecified atom stereocenters. The number of hydrogen-bond donors (Lipinski definition) is 1. The second kappa shape index (κ2) is 7.73. The third-order valence-corrected chi connectivity index (χ3v) is 6.18. The Balaban J connectivity index is 1.66. The Labute approximate surface area is 178 Å². The van der Waals surface area contributed by atoms with Crippen molar-refractivity contribution in [3.05, 3.63) is 40.0 Å². The van der Waals surface area contributed by atoms with Gasteiger partial charge in [-0.05, 0) is 44.0 Å². The number of amides is 1. The van der Waals surface area contributed by atoms with E-state index in [0.29, 0.717) is 32.9 Å². The van der Waals surface area contributed by atoms with E-state index in [-0.39, 0.29) is 19.3 Å². The molecule has 0 bridgehead atoms. The summed E-state index contributed by atoms with van der Waals surface area (Å²) < 4.78 is 21.4. The van der Waals surface area contributed by atoms with E-state index in [4.69, 9.17) is 18.9 Å². The first-order valence-corrected chi connectivity index (χ1v) is 10.2. The van der Waals surface area contributed by atoms with E-state index in [2.05, 4.69) is 15.3 Å². The first kappa shape index (κ1) is 20.4. The molecule has 3 aromatic rings. The minimum atomic E-state index is -0.627. The molecule has 9 heteroatoms. The van der Waals surface area contributed by atoms with Gasteiger partial charge in [-0.15, -0.1) is 11.3 Å². The molecule has 1 amide bonds. The van der Waals surface area contributed by atoms with Gasteiger partial charge in [-0.3, -0.25) is 4.79 Å². The lowest BCUT2D eigenvalue weighted by atomic mass is 9.93. The fourth-order valence-electron chi connectivity index (χ4n) is 3.40. The molecule has 4 rings (SSSR count). The van der Waals surface area contributed by atoms with Gasteiger partial charge < -0.3 is 24.3 Å². The van der Waals surface area contributed by atoms with Gasteiger partial charge in [0.15, 0.2) is 17.3 Å². The number of nitrogens with zero attached hydrogens (tertiary/aromatic N) is 2. The van der Waals surface area contributed by atoms with E-state index in [9.17, 15) is 4.79 Å². The average molecular weight is 429 g/mol. The van der Waals surface area contributed by atoms with Crippen LogP contribution in [0.3, 0.4) is 0 Å². The van der Waals surface area contributed by atoms with Crippen molar-refractivity contribution in [1.82, 2.24) is 15.3 Å². The van der Waals surface area contributed by atoms with Gasteiger partial charge in [0.05, 0.1) is 22.9 Å². The second-order valence-electron chi connectivity index (χ2n) is 7.47. The van der Waals surface area contributed by atoms with Crippen LogP contribution in [0.25, 0.3) is 10.2 Å². The Morgan fingerprint density at radius 3 is 2.73 bits per heavy atom. The molecule has 8 nitrogen and oxygen atoms in total. The smallest absolute Gasteiger partial charge is 0.262 e. The number of aryl methyl sites for hydroxylation is 1. The number of carbonyl (C=O) groups excluding carboxylic acids is 1. The molecule has 1 aliphatic heterocycles. The molecule has 158 valence electrons. The Hall–Kier alpha value is -2.91. The molecule has 1 aliphatic rings. The van der Waals surface area contributed by atoms with Gasteiger partial charge in [-0.25, -0.2) is 4.98 Å². The van der Waals surface area contributed by atoms with Crippen molar-refractivity contribution < 1.29 is 23.7 Å². The van der Waals surface area contributed by atoms with Crippen LogP contribution in [0.1, 0.15) is 40.5 Å². The number of aromatic nitrogens is 2. The lowest BCUT2D eigenvalue weighted by Gasteiger charge is -2.27. The summed E-state index contributed by atoms with van der Waals surface area (Å²) in [5.41, 5.74) is 1.07. The van der Waals surface area contributed by atoms with Crippen LogP contribution >= 0.6 is 11.3 Å². The number of rotatable bonds is 6. The molecule has 0 aliphatic carbocycles. The van der Waals surface area contributed by atoms with Gasteiger partial charge in [-0.2, -0.15) is 4.98 Å². The van der Waals surface area contributed by atoms with Crippen LogP contribution < -0.4 is 19.5 Å². The molecule has 0 saturated carbocycles. The van der Waals surface area contributed by atoms with E-state index < -0.39 is 5.54 Å². The molecule has 0 atom stereocenters. The maximum absolute atomic E-state index is 13.2. The Morgan fingerprint density at radius 2 is 2.00 bits per heavy atom. The summed E-state index contributed by atoms with van der Waals surface area (Å²) in [7, 11) is 3.13. The Morgan fingerprint density at radius 1 is 1.23 bits per heavy atom. The zero-order chi connectivity index (χ0) is 21.5. The summed E-state index contributed by atoms with van der Waals surface area (Å²) in [6.07, 6.45) is 0. The summed E-state index contributed by atoms with van der Waals surface area (Å²) in [6, 6.07) is 5.68. The number of fused-ring (bicyclic) bond motifs is 2. The number of nitrogens with one attached hydrogen (secondary N) is 1. The van der Waals surface area contributed by atoms with Crippen molar-refractivity contribution in [3.8, 4) is 17.4 Å². The molecule has 30 heavy (non-hydrogen) atoms. The highest BCUT2D eigenvalue weighted by Crippen LogP contribution is 2.37. The largest absolute Gasteiger partial charge is 0.480 e. The number of carbonyl (C=O) groups is 1. The predicted molar refractivity (Wildman–Crippen MR) is 112 cm³/mol. The van der Waals surface area contributed by atoms with Gasteiger partial charge in [0, 0.05) is 7.11 Å². The van der Waals surface area contributed by atoms with E-state index in [0.717, 1.165) is 16.5 Å². The first-order valence-electron chi connectivity index (χ1n) is 9.39. The number of thiophene rings is 1. The van der Waals surface area contributed by atoms with Gasteiger partial charge in [0.2, 0.25) is 12.7 Å². The van der Waals surface area contributed by atoms with Gasteiger partial charge in [0.1, 0.15) is 11.4 Å². The van der Waals surface area contributed by atoms with E-state index in [1.807, 2.05) is 39.0 Å². The average Bonchev–Trinajstić information content (AvgIpc) is 3.31. The standard InChI is InChI=1S/C21H23N3O5S/c1-11-16-19(27-5)22-15(9-26-4)23-20(16)30-17(11)18(25)24-21(2,3)12-6-7-13-14(8-12)29-10-28-13/h6-8H,9-10H2,1-5H3,(H,24,25). The number of ether oxygens (including phenoxy) is 4. The summed E-state index contributed by atoms with van der Waals surface area (Å²) in [4.78, 5) is 23.4. The molecule has 0 fully saturated rings. The number of benzene rings is 1. The van der Waals surface area contributed by atoms with Crippen molar-refractivity contribution in [2.45, 2.75) is 32.9 Å². The fourth-order valence-corrected chi connectivity index (χ4v) is 4.49. The third kappa shape index (κ3) is 3.54. The summed E-state index contributed by atoms with van der Waals surface area (Å²) in [6.45, 7) is 6.25. The van der Waals surface area contributed by atoms with Crippen LogP contribution in [-0.2, 0) is 16.9 Å². The number of methoxy groups -OCH3 is 2. The molecule has 2 aromatic heterocycles. The summed E-state index contributed by atoms with van der Waals surface area (Å²) in [5, 5.41) is 3.86. The summed E-state index contributed by atoms with van der Waals surface area (Å²) >= 11 is 1.31. The molecular formula is C21H23N3O5S. The molecule has 0 radical (unpaired) electrons. The van der Waals surface area contributed by atoms with Crippen molar-refractivity contribution in [2.24, 2.45) is 0 Å². The van der Waals surface area contributed by atoms with E-state index in [1.54, 1.807) is 14.2 Å². The van der Waals surface area contributed by atoms with Crippen LogP contribution in [0, 0.1) is 6.92 Å². The molecule has 1 aromatic carbocycles. The highest BCUT2D eigenvalue weighted by molar-refractivity contribution is 7.20. The van der Waals surface area contributed by atoms with Crippen LogP contribution in [0.15, 0.2) is 18.2 Å². The van der Waals surface area contributed by atoms with E-state index >= 15 is 0 Å². The maximum atomic E-state index is 13.2. The lowest BCUT2D eigenvalue weighted by Crippen LogP contribution is -2.40. The topological polar surface area (TPSA) is 91.8 Å². The van der Waals surface area contributed by atoms with Crippen molar-refractivity contribution in [2.75, 3.05) is 21.0 Å². The van der Waals surface area contributed by atoms with Crippen LogP contribution in [0.5, 0.6) is 17.4 Å². The predicted octanol–water partition coefficient (Wildman–Crippen LogP) is 3.55. The van der Waals surface area contributed by atoms with Crippen LogP contribution in [0.2, 0.25) is 0 Å². The first-order chi connectivity index (χ1) is 14.3. The molecule has 0 spiro atoms. The number of hydrogen-bond acceptors (Lipinski definition) is 8. The van der Waals surface area contributed by atoms with E-state index in [1.165, 1.54) is 11.3 Å². The zero-order valence-electron chi connectivity index (χ0n) is 17.5. The van der Waals surface area contributed by atoms with Crippen molar-refractivity contribution in [1.29, 1.82) is 0 Å². The van der Waals surface area contributed by atoms with Crippen molar-refractivity contribution >= 4 is 27.5 Å². The molecular weight excluding hydrogens is 406 g/mol.